The Hall–Kier alpha value is -1.78. The van der Waals surface area contributed by atoms with E-state index < -0.39 is 15.9 Å². The minimum absolute atomic E-state index is 0.112. The van der Waals surface area contributed by atoms with Crippen molar-refractivity contribution in [1.29, 1.82) is 0 Å². The number of morpholine rings is 1. The van der Waals surface area contributed by atoms with Gasteiger partial charge in [-0.05, 0) is 58.2 Å². The fourth-order valence-electron chi connectivity index (χ4n) is 2.92. The molecule has 0 saturated carbocycles. The summed E-state index contributed by atoms with van der Waals surface area (Å²) < 4.78 is 28.9. The molecule has 2 aromatic carbocycles. The number of nitrogens with one attached hydrogen (secondary N) is 1. The van der Waals surface area contributed by atoms with Crippen LogP contribution in [0.15, 0.2) is 51.8 Å². The van der Waals surface area contributed by atoms with Crippen molar-refractivity contribution in [1.82, 2.24) is 4.90 Å². The SMILES string of the molecule is NS(=O)(=O)c1ccc(Br)c(C(=O)Nc2ccc(CCN3CCOCC3)cc2)c1. The van der Waals surface area contributed by atoms with E-state index in [9.17, 15) is 13.2 Å². The van der Waals surface area contributed by atoms with E-state index in [1.54, 1.807) is 0 Å². The van der Waals surface area contributed by atoms with Crippen LogP contribution in [0.5, 0.6) is 0 Å². The monoisotopic (exact) mass is 467 g/mol. The van der Waals surface area contributed by atoms with E-state index in [1.165, 1.54) is 23.8 Å². The van der Waals surface area contributed by atoms with Gasteiger partial charge in [0.2, 0.25) is 10.0 Å². The highest BCUT2D eigenvalue weighted by atomic mass is 79.9. The minimum Gasteiger partial charge on any atom is -0.379 e. The Morgan fingerprint density at radius 3 is 2.46 bits per heavy atom. The molecule has 0 spiro atoms. The third-order valence-corrected chi connectivity index (χ3v) is 6.15. The van der Waals surface area contributed by atoms with Crippen LogP contribution in [-0.4, -0.2) is 52.1 Å². The lowest BCUT2D eigenvalue weighted by Crippen LogP contribution is -2.37. The highest BCUT2D eigenvalue weighted by Crippen LogP contribution is 2.22. The number of nitrogens with two attached hydrogens (primary N) is 1. The van der Waals surface area contributed by atoms with Crippen LogP contribution in [-0.2, 0) is 21.2 Å². The normalized spacial score (nSPS) is 15.4. The summed E-state index contributed by atoms with van der Waals surface area (Å²) in [5.74, 6) is -0.418. The fraction of sp³-hybridized carbons (Fsp3) is 0.316. The van der Waals surface area contributed by atoms with Gasteiger partial charge in [-0.2, -0.15) is 0 Å². The van der Waals surface area contributed by atoms with Gasteiger partial charge in [-0.1, -0.05) is 12.1 Å². The molecular weight excluding hydrogens is 446 g/mol. The molecule has 1 amide bonds. The van der Waals surface area contributed by atoms with Gasteiger partial charge in [0.05, 0.1) is 23.7 Å². The lowest BCUT2D eigenvalue weighted by atomic mass is 10.1. The van der Waals surface area contributed by atoms with Gasteiger partial charge in [0, 0.05) is 29.8 Å². The molecule has 150 valence electrons. The van der Waals surface area contributed by atoms with E-state index in [0.29, 0.717) is 10.2 Å². The van der Waals surface area contributed by atoms with E-state index in [0.717, 1.165) is 39.3 Å². The standard InChI is InChI=1S/C19H22BrN3O4S/c20-18-6-5-16(28(21,25)26)13-17(18)19(24)22-15-3-1-14(2-4-15)7-8-23-9-11-27-12-10-23/h1-6,13H,7-12H2,(H,22,24)(H2,21,25,26). The number of primary sulfonamides is 1. The smallest absolute Gasteiger partial charge is 0.256 e. The van der Waals surface area contributed by atoms with Gasteiger partial charge >= 0.3 is 0 Å². The van der Waals surface area contributed by atoms with Crippen molar-refractivity contribution in [3.63, 3.8) is 0 Å². The Morgan fingerprint density at radius 1 is 1.14 bits per heavy atom. The molecule has 0 unspecified atom stereocenters. The number of carbonyl (C=O) groups excluding carboxylic acids is 1. The summed E-state index contributed by atoms with van der Waals surface area (Å²) in [6.07, 6.45) is 0.927. The maximum absolute atomic E-state index is 12.5. The Kier molecular flexibility index (Phi) is 6.84. The Bertz CT molecular complexity index is 942. The van der Waals surface area contributed by atoms with Crippen LogP contribution in [0.2, 0.25) is 0 Å². The van der Waals surface area contributed by atoms with Gasteiger partial charge in [0.1, 0.15) is 0 Å². The molecule has 7 nitrogen and oxygen atoms in total. The van der Waals surface area contributed by atoms with E-state index in [4.69, 9.17) is 9.88 Å². The van der Waals surface area contributed by atoms with Crippen molar-refractivity contribution in [2.75, 3.05) is 38.2 Å². The largest absolute Gasteiger partial charge is 0.379 e. The van der Waals surface area contributed by atoms with Crippen LogP contribution in [0.1, 0.15) is 15.9 Å². The van der Waals surface area contributed by atoms with Gasteiger partial charge < -0.3 is 10.1 Å². The number of benzene rings is 2. The maximum atomic E-state index is 12.5. The van der Waals surface area contributed by atoms with Crippen molar-refractivity contribution < 1.29 is 17.9 Å². The van der Waals surface area contributed by atoms with E-state index in [2.05, 4.69) is 26.1 Å². The average molecular weight is 468 g/mol. The van der Waals surface area contributed by atoms with Crippen LogP contribution in [0.4, 0.5) is 5.69 Å². The number of amides is 1. The van der Waals surface area contributed by atoms with Crippen molar-refractivity contribution in [3.8, 4) is 0 Å². The zero-order valence-electron chi connectivity index (χ0n) is 15.2. The minimum atomic E-state index is -3.88. The molecule has 1 fully saturated rings. The second-order valence-corrected chi connectivity index (χ2v) is 8.96. The zero-order valence-corrected chi connectivity index (χ0v) is 17.6. The predicted molar refractivity (Wildman–Crippen MR) is 111 cm³/mol. The predicted octanol–water partition coefficient (Wildman–Crippen LogP) is 2.22. The number of carbonyl (C=O) groups is 1. The molecule has 1 aliphatic rings. The number of nitrogens with zero attached hydrogens (tertiary/aromatic N) is 1. The van der Waals surface area contributed by atoms with Gasteiger partial charge in [-0.25, -0.2) is 13.6 Å². The molecule has 0 aliphatic carbocycles. The van der Waals surface area contributed by atoms with Crippen LogP contribution in [0.3, 0.4) is 0 Å². The number of hydrogen-bond acceptors (Lipinski definition) is 5. The van der Waals surface area contributed by atoms with Gasteiger partial charge in [-0.15, -0.1) is 0 Å². The van der Waals surface area contributed by atoms with E-state index in [1.807, 2.05) is 24.3 Å². The highest BCUT2D eigenvalue weighted by molar-refractivity contribution is 9.10. The van der Waals surface area contributed by atoms with Crippen molar-refractivity contribution >= 4 is 37.5 Å². The summed E-state index contributed by atoms with van der Waals surface area (Å²) in [5.41, 5.74) is 2.01. The molecule has 1 aliphatic heterocycles. The lowest BCUT2D eigenvalue weighted by molar-refractivity contribution is 0.0384. The highest BCUT2D eigenvalue weighted by Gasteiger charge is 2.16. The summed E-state index contributed by atoms with van der Waals surface area (Å²) in [6.45, 7) is 4.46. The first-order valence-electron chi connectivity index (χ1n) is 8.86. The number of ether oxygens (including phenoxy) is 1. The molecule has 0 radical (unpaired) electrons. The lowest BCUT2D eigenvalue weighted by Gasteiger charge is -2.26. The molecule has 0 atom stereocenters. The van der Waals surface area contributed by atoms with Crippen LogP contribution in [0, 0.1) is 0 Å². The number of sulfonamides is 1. The number of anilines is 1. The Labute approximate surface area is 173 Å². The summed E-state index contributed by atoms with van der Waals surface area (Å²) in [6, 6.07) is 11.7. The van der Waals surface area contributed by atoms with E-state index >= 15 is 0 Å². The summed E-state index contributed by atoms with van der Waals surface area (Å²) >= 11 is 3.27. The van der Waals surface area contributed by atoms with Gasteiger partial charge in [0.25, 0.3) is 5.91 Å². The molecule has 1 saturated heterocycles. The first-order valence-corrected chi connectivity index (χ1v) is 11.2. The third-order valence-electron chi connectivity index (χ3n) is 4.54. The summed E-state index contributed by atoms with van der Waals surface area (Å²) in [4.78, 5) is 14.8. The van der Waals surface area contributed by atoms with Crippen molar-refractivity contribution in [3.05, 3.63) is 58.1 Å². The second kappa shape index (κ2) is 9.15. The molecule has 0 aromatic heterocycles. The van der Waals surface area contributed by atoms with Crippen molar-refractivity contribution in [2.24, 2.45) is 5.14 Å². The summed E-state index contributed by atoms with van der Waals surface area (Å²) in [5, 5.41) is 7.92. The van der Waals surface area contributed by atoms with E-state index in [-0.39, 0.29) is 10.5 Å². The van der Waals surface area contributed by atoms with Crippen LogP contribution in [0.25, 0.3) is 0 Å². The third kappa shape index (κ3) is 5.62. The fourth-order valence-corrected chi connectivity index (χ4v) is 3.89. The first kappa shape index (κ1) is 20.9. The molecule has 28 heavy (non-hydrogen) atoms. The van der Waals surface area contributed by atoms with Gasteiger partial charge in [-0.3, -0.25) is 9.69 Å². The van der Waals surface area contributed by atoms with Gasteiger partial charge in [0.15, 0.2) is 0 Å². The quantitative estimate of drug-likeness (QED) is 0.677. The molecule has 9 heteroatoms. The molecular formula is C19H22BrN3O4S. The van der Waals surface area contributed by atoms with Crippen LogP contribution >= 0.6 is 15.9 Å². The topological polar surface area (TPSA) is 102 Å². The maximum Gasteiger partial charge on any atom is 0.256 e. The number of hydrogen-bond donors (Lipinski definition) is 2. The van der Waals surface area contributed by atoms with Crippen LogP contribution < -0.4 is 10.5 Å². The molecule has 0 bridgehead atoms. The number of rotatable bonds is 6. The van der Waals surface area contributed by atoms with Crippen molar-refractivity contribution in [2.45, 2.75) is 11.3 Å². The number of halogens is 1. The molecule has 3 rings (SSSR count). The molecule has 2 aromatic rings. The first-order chi connectivity index (χ1) is 13.3. The average Bonchev–Trinajstić information content (AvgIpc) is 2.67. The Balaban J connectivity index is 1.63. The zero-order chi connectivity index (χ0) is 20.1. The summed E-state index contributed by atoms with van der Waals surface area (Å²) in [7, 11) is -3.88. The Morgan fingerprint density at radius 2 is 1.82 bits per heavy atom. The second-order valence-electron chi connectivity index (χ2n) is 6.54. The molecule has 1 heterocycles. The molecule has 3 N–H and O–H groups in total.